The molecule has 0 heterocycles. The summed E-state index contributed by atoms with van der Waals surface area (Å²) in [6.45, 7) is 27.5. The SMILES string of the molecule is CCCCC[C@@H](CCCC(=O)CCC[C@H](C)O[Si](C)(C)C(C)(C)C)O[Si](C)(C)C(C)(C)C. The van der Waals surface area contributed by atoms with Gasteiger partial charge in [-0.05, 0) is 75.3 Å². The van der Waals surface area contributed by atoms with E-state index in [0.29, 0.717) is 24.7 Å². The molecule has 0 aromatic rings. The molecule has 0 saturated carbocycles. The van der Waals surface area contributed by atoms with Crippen LogP contribution >= 0.6 is 0 Å². The number of unbranched alkanes of at least 4 members (excludes halogenated alkanes) is 2. The Hall–Kier alpha value is 0.0238. The van der Waals surface area contributed by atoms with Crippen LogP contribution in [-0.4, -0.2) is 34.6 Å². The van der Waals surface area contributed by atoms with Crippen molar-refractivity contribution in [3.8, 4) is 0 Å². The maximum absolute atomic E-state index is 12.5. The van der Waals surface area contributed by atoms with Crippen LogP contribution in [0.1, 0.15) is 120 Å². The van der Waals surface area contributed by atoms with Gasteiger partial charge in [-0.3, -0.25) is 4.79 Å². The van der Waals surface area contributed by atoms with Gasteiger partial charge in [-0.15, -0.1) is 0 Å². The molecule has 0 aromatic heterocycles. The minimum Gasteiger partial charge on any atom is -0.414 e. The number of ketones is 1. The molecule has 2 atom stereocenters. The van der Waals surface area contributed by atoms with E-state index in [2.05, 4.69) is 81.6 Å². The quantitative estimate of drug-likeness (QED) is 0.161. The summed E-state index contributed by atoms with van der Waals surface area (Å²) in [6.07, 6.45) is 10.7. The maximum atomic E-state index is 12.5. The van der Waals surface area contributed by atoms with Crippen molar-refractivity contribution in [1.82, 2.24) is 0 Å². The van der Waals surface area contributed by atoms with E-state index in [1.807, 2.05) is 0 Å². The summed E-state index contributed by atoms with van der Waals surface area (Å²) < 4.78 is 13.2. The van der Waals surface area contributed by atoms with Crippen LogP contribution in [0.15, 0.2) is 0 Å². The van der Waals surface area contributed by atoms with Crippen molar-refractivity contribution >= 4 is 22.4 Å². The van der Waals surface area contributed by atoms with Gasteiger partial charge < -0.3 is 8.85 Å². The molecule has 0 fully saturated rings. The van der Waals surface area contributed by atoms with E-state index >= 15 is 0 Å². The lowest BCUT2D eigenvalue weighted by Crippen LogP contribution is -2.44. The maximum Gasteiger partial charge on any atom is 0.192 e. The molecule has 0 aliphatic heterocycles. The molecule has 0 rings (SSSR count). The summed E-state index contributed by atoms with van der Waals surface area (Å²) in [6, 6.07) is 0. The highest BCUT2D eigenvalue weighted by Crippen LogP contribution is 2.39. The van der Waals surface area contributed by atoms with Crippen LogP contribution in [-0.2, 0) is 13.6 Å². The minimum absolute atomic E-state index is 0.231. The molecule has 5 heteroatoms. The van der Waals surface area contributed by atoms with Gasteiger partial charge >= 0.3 is 0 Å². The Bertz CT molecular complexity index is 530. The normalized spacial score (nSPS) is 15.6. The van der Waals surface area contributed by atoms with E-state index in [9.17, 15) is 4.79 Å². The van der Waals surface area contributed by atoms with E-state index in [1.54, 1.807) is 0 Å². The Morgan fingerprint density at radius 2 is 1.16 bits per heavy atom. The molecule has 0 aliphatic carbocycles. The Kier molecular flexibility index (Phi) is 13.8. The third-order valence-electron chi connectivity index (χ3n) is 7.75. The van der Waals surface area contributed by atoms with Crippen molar-refractivity contribution in [2.75, 3.05) is 0 Å². The largest absolute Gasteiger partial charge is 0.414 e. The van der Waals surface area contributed by atoms with Crippen molar-refractivity contribution in [2.45, 2.75) is 168 Å². The molecule has 0 radical (unpaired) electrons. The molecule has 0 saturated heterocycles. The molecular formula is C27H58O3Si2. The Balaban J connectivity index is 4.44. The zero-order chi connectivity index (χ0) is 25.2. The van der Waals surface area contributed by atoms with Gasteiger partial charge in [-0.25, -0.2) is 0 Å². The van der Waals surface area contributed by atoms with Crippen LogP contribution in [0.25, 0.3) is 0 Å². The summed E-state index contributed by atoms with van der Waals surface area (Å²) in [4.78, 5) is 12.5. The first kappa shape index (κ1) is 32.0. The predicted molar refractivity (Wildman–Crippen MR) is 147 cm³/mol. The van der Waals surface area contributed by atoms with E-state index in [0.717, 1.165) is 32.1 Å². The van der Waals surface area contributed by atoms with Crippen LogP contribution in [0.3, 0.4) is 0 Å². The summed E-state index contributed by atoms with van der Waals surface area (Å²) in [7, 11) is -3.49. The third-order valence-corrected chi connectivity index (χ3v) is 16.9. The summed E-state index contributed by atoms with van der Waals surface area (Å²) in [5.41, 5.74) is 0. The van der Waals surface area contributed by atoms with E-state index in [1.165, 1.54) is 19.3 Å². The molecule has 0 spiro atoms. The van der Waals surface area contributed by atoms with Crippen molar-refractivity contribution < 1.29 is 13.6 Å². The van der Waals surface area contributed by atoms with Crippen molar-refractivity contribution in [3.63, 3.8) is 0 Å². The number of carbonyl (C=O) groups excluding carboxylic acids is 1. The Labute approximate surface area is 204 Å². The number of rotatable bonds is 16. The average Bonchev–Trinajstić information content (AvgIpc) is 2.59. The monoisotopic (exact) mass is 486 g/mol. The first-order valence-corrected chi connectivity index (χ1v) is 19.1. The molecule has 192 valence electrons. The molecular weight excluding hydrogens is 428 g/mol. The number of hydrogen-bond donors (Lipinski definition) is 0. The smallest absolute Gasteiger partial charge is 0.192 e. The van der Waals surface area contributed by atoms with Crippen LogP contribution in [0.4, 0.5) is 0 Å². The molecule has 0 amide bonds. The topological polar surface area (TPSA) is 35.5 Å². The average molecular weight is 487 g/mol. The van der Waals surface area contributed by atoms with Crippen LogP contribution < -0.4 is 0 Å². The number of Topliss-reactive ketones (excluding diaryl/α,β-unsaturated/α-hetero) is 1. The lowest BCUT2D eigenvalue weighted by Gasteiger charge is -2.39. The minimum atomic E-state index is -1.77. The van der Waals surface area contributed by atoms with Gasteiger partial charge in [0, 0.05) is 25.0 Å². The first-order chi connectivity index (χ1) is 14.4. The van der Waals surface area contributed by atoms with E-state index < -0.39 is 16.6 Å². The van der Waals surface area contributed by atoms with Gasteiger partial charge in [0.2, 0.25) is 0 Å². The molecule has 0 N–H and O–H groups in total. The Morgan fingerprint density at radius 1 is 0.719 bits per heavy atom. The van der Waals surface area contributed by atoms with E-state index in [4.69, 9.17) is 8.85 Å². The Morgan fingerprint density at radius 3 is 1.62 bits per heavy atom. The number of hydrogen-bond acceptors (Lipinski definition) is 3. The highest BCUT2D eigenvalue weighted by Gasteiger charge is 2.39. The van der Waals surface area contributed by atoms with Crippen molar-refractivity contribution in [1.29, 1.82) is 0 Å². The summed E-state index contributed by atoms with van der Waals surface area (Å²) in [5, 5.41) is 0.465. The first-order valence-electron chi connectivity index (χ1n) is 13.3. The summed E-state index contributed by atoms with van der Waals surface area (Å²) in [5.74, 6) is 0.407. The van der Waals surface area contributed by atoms with Gasteiger partial charge in [0.15, 0.2) is 16.6 Å². The molecule has 0 unspecified atom stereocenters. The van der Waals surface area contributed by atoms with Crippen molar-refractivity contribution in [2.24, 2.45) is 0 Å². The number of carbonyl (C=O) groups is 1. The highest BCUT2D eigenvalue weighted by molar-refractivity contribution is 6.74. The van der Waals surface area contributed by atoms with Crippen LogP contribution in [0.5, 0.6) is 0 Å². The van der Waals surface area contributed by atoms with Gasteiger partial charge in [-0.2, -0.15) is 0 Å². The second-order valence-electron chi connectivity index (χ2n) is 13.0. The second kappa shape index (κ2) is 13.8. The third kappa shape index (κ3) is 12.5. The zero-order valence-corrected chi connectivity index (χ0v) is 26.0. The standard InChI is InChI=1S/C27H58O3Si2/c1-13-14-15-21-25(30-32(11,12)27(6,7)8)22-17-20-24(28)19-16-18-23(2)29-31(9,10)26(3,4)5/h23,25H,13-22H2,1-12H3/t23-,25-/m0/s1. The fraction of sp³-hybridized carbons (Fsp3) is 0.963. The second-order valence-corrected chi connectivity index (χ2v) is 22.5. The predicted octanol–water partition coefficient (Wildman–Crippen LogP) is 9.28. The molecule has 0 bridgehead atoms. The molecule has 3 nitrogen and oxygen atoms in total. The van der Waals surface area contributed by atoms with Crippen LogP contribution in [0.2, 0.25) is 36.3 Å². The molecule has 32 heavy (non-hydrogen) atoms. The van der Waals surface area contributed by atoms with Gasteiger partial charge in [0.1, 0.15) is 5.78 Å². The van der Waals surface area contributed by atoms with E-state index in [-0.39, 0.29) is 16.2 Å². The van der Waals surface area contributed by atoms with Crippen molar-refractivity contribution in [3.05, 3.63) is 0 Å². The summed E-state index contributed by atoms with van der Waals surface area (Å²) >= 11 is 0. The lowest BCUT2D eigenvalue weighted by atomic mass is 10.0. The highest BCUT2D eigenvalue weighted by atomic mass is 28.4. The fourth-order valence-corrected chi connectivity index (χ4v) is 6.35. The fourth-order valence-electron chi connectivity index (χ4n) is 3.45. The van der Waals surface area contributed by atoms with Gasteiger partial charge in [0.25, 0.3) is 0 Å². The van der Waals surface area contributed by atoms with Gasteiger partial charge in [0.05, 0.1) is 0 Å². The lowest BCUT2D eigenvalue weighted by molar-refractivity contribution is -0.119. The van der Waals surface area contributed by atoms with Crippen LogP contribution in [0, 0.1) is 0 Å². The zero-order valence-electron chi connectivity index (χ0n) is 24.0. The molecule has 0 aliphatic rings. The molecule has 0 aromatic carbocycles. The van der Waals surface area contributed by atoms with Gasteiger partial charge in [-0.1, -0.05) is 67.7 Å².